The van der Waals surface area contributed by atoms with Gasteiger partial charge in [-0.15, -0.1) is 10.2 Å². The number of piperazine rings is 1. The molecule has 0 atom stereocenters. The lowest BCUT2D eigenvalue weighted by Gasteiger charge is -2.33. The molecule has 0 bridgehead atoms. The quantitative estimate of drug-likeness (QED) is 0.656. The molecule has 0 spiro atoms. The van der Waals surface area contributed by atoms with Crippen molar-refractivity contribution in [2.24, 2.45) is 0 Å². The van der Waals surface area contributed by atoms with Gasteiger partial charge in [-0.3, -0.25) is 9.80 Å². The fraction of sp³-hybridized carbons (Fsp3) is 0.364. The van der Waals surface area contributed by atoms with Crippen molar-refractivity contribution in [3.8, 4) is 17.2 Å². The highest BCUT2D eigenvalue weighted by Gasteiger charge is 2.19. The number of hydrogen-bond acceptors (Lipinski definition) is 6. The summed E-state index contributed by atoms with van der Waals surface area (Å²) in [5.41, 5.74) is 3.47. The third kappa shape index (κ3) is 4.58. The molecular formula is C22H26N4O2. The molecule has 6 heteroatoms. The molecule has 4 rings (SSSR count). The minimum atomic E-state index is 0.594. The molecule has 1 aliphatic rings. The minimum Gasteiger partial charge on any atom is -0.497 e. The Hall–Kier alpha value is -2.70. The van der Waals surface area contributed by atoms with Crippen molar-refractivity contribution in [1.29, 1.82) is 0 Å². The molecule has 146 valence electrons. The van der Waals surface area contributed by atoms with Crippen molar-refractivity contribution >= 4 is 0 Å². The summed E-state index contributed by atoms with van der Waals surface area (Å²) in [4.78, 5) is 4.85. The average molecular weight is 378 g/mol. The Kier molecular flexibility index (Phi) is 5.69. The highest BCUT2D eigenvalue weighted by molar-refractivity contribution is 5.53. The van der Waals surface area contributed by atoms with Gasteiger partial charge >= 0.3 is 0 Å². The van der Waals surface area contributed by atoms with Crippen LogP contribution in [-0.4, -0.2) is 53.3 Å². The number of methoxy groups -OCH3 is 1. The summed E-state index contributed by atoms with van der Waals surface area (Å²) in [7, 11) is 1.70. The van der Waals surface area contributed by atoms with Gasteiger partial charge in [0.15, 0.2) is 0 Å². The average Bonchev–Trinajstić information content (AvgIpc) is 3.19. The van der Waals surface area contributed by atoms with Gasteiger partial charge in [0.2, 0.25) is 11.8 Å². The van der Waals surface area contributed by atoms with Gasteiger partial charge in [0.25, 0.3) is 0 Å². The summed E-state index contributed by atoms with van der Waals surface area (Å²) in [5.74, 6) is 2.18. The summed E-state index contributed by atoms with van der Waals surface area (Å²) in [6.07, 6.45) is 0. The van der Waals surface area contributed by atoms with E-state index in [1.165, 1.54) is 11.1 Å². The van der Waals surface area contributed by atoms with Crippen LogP contribution in [0.1, 0.15) is 17.0 Å². The normalized spacial score (nSPS) is 15.6. The van der Waals surface area contributed by atoms with E-state index in [1.54, 1.807) is 7.11 Å². The number of aromatic nitrogens is 2. The topological polar surface area (TPSA) is 54.6 Å². The van der Waals surface area contributed by atoms with Gasteiger partial charge in [-0.2, -0.15) is 0 Å². The summed E-state index contributed by atoms with van der Waals surface area (Å²) in [6.45, 7) is 7.80. The summed E-state index contributed by atoms with van der Waals surface area (Å²) < 4.78 is 11.1. The van der Waals surface area contributed by atoms with Gasteiger partial charge < -0.3 is 9.15 Å². The first kappa shape index (κ1) is 18.7. The Morgan fingerprint density at radius 3 is 2.32 bits per heavy atom. The van der Waals surface area contributed by atoms with Crippen molar-refractivity contribution in [1.82, 2.24) is 20.0 Å². The van der Waals surface area contributed by atoms with Crippen molar-refractivity contribution in [2.45, 2.75) is 20.0 Å². The Labute approximate surface area is 165 Å². The maximum atomic E-state index is 5.88. The van der Waals surface area contributed by atoms with Gasteiger partial charge in [0, 0.05) is 38.3 Å². The Bertz CT molecular complexity index is 899. The van der Waals surface area contributed by atoms with Crippen LogP contribution in [0.5, 0.6) is 5.75 Å². The van der Waals surface area contributed by atoms with E-state index in [2.05, 4.69) is 51.2 Å². The largest absolute Gasteiger partial charge is 0.497 e. The van der Waals surface area contributed by atoms with Gasteiger partial charge in [-0.25, -0.2) is 0 Å². The van der Waals surface area contributed by atoms with E-state index < -0.39 is 0 Å². The maximum absolute atomic E-state index is 5.88. The molecule has 0 unspecified atom stereocenters. The lowest BCUT2D eigenvalue weighted by atomic mass is 10.1. The van der Waals surface area contributed by atoms with E-state index in [9.17, 15) is 0 Å². The first-order chi connectivity index (χ1) is 13.7. The third-order valence-electron chi connectivity index (χ3n) is 5.12. The maximum Gasteiger partial charge on any atom is 0.247 e. The van der Waals surface area contributed by atoms with E-state index in [-0.39, 0.29) is 0 Å². The smallest absolute Gasteiger partial charge is 0.247 e. The van der Waals surface area contributed by atoms with Crippen LogP contribution in [0.4, 0.5) is 0 Å². The Morgan fingerprint density at radius 2 is 1.64 bits per heavy atom. The zero-order chi connectivity index (χ0) is 19.3. The molecule has 0 saturated carbocycles. The van der Waals surface area contributed by atoms with Crippen LogP contribution in [0, 0.1) is 6.92 Å². The van der Waals surface area contributed by atoms with Gasteiger partial charge in [0.1, 0.15) is 5.75 Å². The van der Waals surface area contributed by atoms with Crippen LogP contribution >= 0.6 is 0 Å². The number of aryl methyl sites for hydroxylation is 1. The highest BCUT2D eigenvalue weighted by Crippen LogP contribution is 2.20. The predicted molar refractivity (Wildman–Crippen MR) is 108 cm³/mol. The predicted octanol–water partition coefficient (Wildman–Crippen LogP) is 3.37. The number of benzene rings is 2. The standard InChI is InChI=1S/C22H26N4O2/c1-17-4-3-5-19(14-17)22-24-23-21(28-22)16-26-12-10-25(11-13-26)15-18-6-8-20(27-2)9-7-18/h3-9,14H,10-13,15-16H2,1-2H3. The molecule has 0 amide bonds. The summed E-state index contributed by atoms with van der Waals surface area (Å²) in [5, 5.41) is 8.45. The van der Waals surface area contributed by atoms with Gasteiger partial charge in [-0.05, 0) is 36.8 Å². The summed E-state index contributed by atoms with van der Waals surface area (Å²) in [6, 6.07) is 16.5. The molecule has 6 nitrogen and oxygen atoms in total. The monoisotopic (exact) mass is 378 g/mol. The molecule has 2 heterocycles. The minimum absolute atomic E-state index is 0.594. The van der Waals surface area contributed by atoms with E-state index in [1.807, 2.05) is 24.3 Å². The SMILES string of the molecule is COc1ccc(CN2CCN(Cc3nnc(-c4cccc(C)c4)o3)CC2)cc1. The van der Waals surface area contributed by atoms with Crippen LogP contribution in [0.3, 0.4) is 0 Å². The van der Waals surface area contributed by atoms with Crippen molar-refractivity contribution in [2.75, 3.05) is 33.3 Å². The molecular weight excluding hydrogens is 352 g/mol. The molecule has 0 N–H and O–H groups in total. The highest BCUT2D eigenvalue weighted by atomic mass is 16.5. The van der Waals surface area contributed by atoms with Crippen molar-refractivity contribution in [3.63, 3.8) is 0 Å². The molecule has 3 aromatic rings. The molecule has 2 aromatic carbocycles. The van der Waals surface area contributed by atoms with Gasteiger partial charge in [0.05, 0.1) is 13.7 Å². The van der Waals surface area contributed by atoms with Crippen LogP contribution in [0.15, 0.2) is 52.9 Å². The lowest BCUT2D eigenvalue weighted by Crippen LogP contribution is -2.45. The Morgan fingerprint density at radius 1 is 0.929 bits per heavy atom. The first-order valence-corrected chi connectivity index (χ1v) is 9.67. The second-order valence-corrected chi connectivity index (χ2v) is 7.27. The second kappa shape index (κ2) is 8.54. The molecule has 1 saturated heterocycles. The molecule has 28 heavy (non-hydrogen) atoms. The Balaban J connectivity index is 1.28. The fourth-order valence-electron chi connectivity index (χ4n) is 3.50. The molecule has 0 radical (unpaired) electrons. The third-order valence-corrected chi connectivity index (χ3v) is 5.12. The number of hydrogen-bond donors (Lipinski definition) is 0. The zero-order valence-corrected chi connectivity index (χ0v) is 16.5. The van der Waals surface area contributed by atoms with Crippen molar-refractivity contribution in [3.05, 3.63) is 65.5 Å². The molecule has 1 aliphatic heterocycles. The van der Waals surface area contributed by atoms with Gasteiger partial charge in [-0.1, -0.05) is 29.8 Å². The van der Waals surface area contributed by atoms with E-state index in [0.29, 0.717) is 18.3 Å². The number of nitrogens with zero attached hydrogens (tertiary/aromatic N) is 4. The van der Waals surface area contributed by atoms with E-state index >= 15 is 0 Å². The van der Waals surface area contributed by atoms with E-state index in [4.69, 9.17) is 9.15 Å². The molecule has 1 fully saturated rings. The van der Waals surface area contributed by atoms with Crippen LogP contribution in [0.2, 0.25) is 0 Å². The second-order valence-electron chi connectivity index (χ2n) is 7.27. The lowest BCUT2D eigenvalue weighted by molar-refractivity contribution is 0.114. The first-order valence-electron chi connectivity index (χ1n) is 9.67. The molecule has 1 aromatic heterocycles. The fourth-order valence-corrected chi connectivity index (χ4v) is 3.50. The van der Waals surface area contributed by atoms with Crippen LogP contribution < -0.4 is 4.74 Å². The summed E-state index contributed by atoms with van der Waals surface area (Å²) >= 11 is 0. The van der Waals surface area contributed by atoms with Crippen LogP contribution in [-0.2, 0) is 13.1 Å². The van der Waals surface area contributed by atoms with Crippen molar-refractivity contribution < 1.29 is 9.15 Å². The number of ether oxygens (including phenoxy) is 1. The zero-order valence-electron chi connectivity index (χ0n) is 16.5. The van der Waals surface area contributed by atoms with E-state index in [0.717, 1.165) is 44.0 Å². The molecule has 0 aliphatic carbocycles. The van der Waals surface area contributed by atoms with Crippen LogP contribution in [0.25, 0.3) is 11.5 Å². The number of rotatable bonds is 6.